The first kappa shape index (κ1) is 23.5. The Labute approximate surface area is 197 Å². The third-order valence-corrected chi connectivity index (χ3v) is 6.27. The summed E-state index contributed by atoms with van der Waals surface area (Å²) < 4.78 is 16.1. The molecule has 2 heterocycles. The van der Waals surface area contributed by atoms with Crippen molar-refractivity contribution in [3.63, 3.8) is 0 Å². The van der Waals surface area contributed by atoms with Gasteiger partial charge in [-0.3, -0.25) is 9.58 Å². The molecule has 1 saturated heterocycles. The maximum absolute atomic E-state index is 14.1. The number of nitrogens with one attached hydrogen (secondary N) is 1. The molecule has 0 spiro atoms. The van der Waals surface area contributed by atoms with Gasteiger partial charge in [-0.2, -0.15) is 5.10 Å². The van der Waals surface area contributed by atoms with Crippen molar-refractivity contribution in [3.8, 4) is 11.1 Å². The van der Waals surface area contributed by atoms with Crippen LogP contribution < -0.4 is 10.2 Å². The third-order valence-electron chi connectivity index (χ3n) is 6.27. The Morgan fingerprint density at radius 1 is 1.00 bits per heavy atom. The van der Waals surface area contributed by atoms with E-state index in [2.05, 4.69) is 78.0 Å². The molecule has 0 saturated carbocycles. The molecule has 0 amide bonds. The van der Waals surface area contributed by atoms with E-state index in [4.69, 9.17) is 5.10 Å². The van der Waals surface area contributed by atoms with Crippen molar-refractivity contribution in [3.05, 3.63) is 71.8 Å². The summed E-state index contributed by atoms with van der Waals surface area (Å²) in [5.74, 6) is -0.133. The van der Waals surface area contributed by atoms with Crippen molar-refractivity contribution < 1.29 is 4.39 Å². The second kappa shape index (κ2) is 10.1. The molecule has 1 N–H and O–H groups in total. The van der Waals surface area contributed by atoms with Crippen LogP contribution in [-0.2, 0) is 12.1 Å². The van der Waals surface area contributed by atoms with Crippen molar-refractivity contribution in [2.45, 2.75) is 39.8 Å². The molecular formula is C27H36FN5. The van der Waals surface area contributed by atoms with Gasteiger partial charge in [0.1, 0.15) is 5.82 Å². The lowest BCUT2D eigenvalue weighted by Gasteiger charge is -2.36. The number of aromatic nitrogens is 2. The van der Waals surface area contributed by atoms with E-state index in [1.807, 2.05) is 12.1 Å². The number of aryl methyl sites for hydroxylation is 1. The molecule has 33 heavy (non-hydrogen) atoms. The van der Waals surface area contributed by atoms with E-state index in [0.29, 0.717) is 5.69 Å². The van der Waals surface area contributed by atoms with Crippen LogP contribution in [0.1, 0.15) is 32.0 Å². The Hall–Kier alpha value is -2.70. The topological polar surface area (TPSA) is 36.3 Å². The van der Waals surface area contributed by atoms with Crippen LogP contribution in [0.4, 0.5) is 10.1 Å². The van der Waals surface area contributed by atoms with Crippen molar-refractivity contribution in [2.75, 3.05) is 44.2 Å². The average Bonchev–Trinajstić information content (AvgIpc) is 3.23. The van der Waals surface area contributed by atoms with Crippen molar-refractivity contribution in [1.29, 1.82) is 0 Å². The van der Waals surface area contributed by atoms with Gasteiger partial charge >= 0.3 is 0 Å². The predicted molar refractivity (Wildman–Crippen MR) is 134 cm³/mol. The molecule has 5 nitrogen and oxygen atoms in total. The van der Waals surface area contributed by atoms with Crippen LogP contribution >= 0.6 is 0 Å². The summed E-state index contributed by atoms with van der Waals surface area (Å²) in [6, 6.07) is 15.7. The molecule has 0 unspecified atom stereocenters. The maximum Gasteiger partial charge on any atom is 0.146 e. The second-order valence-corrected chi connectivity index (χ2v) is 9.93. The highest BCUT2D eigenvalue weighted by molar-refractivity contribution is 5.66. The maximum atomic E-state index is 14.1. The van der Waals surface area contributed by atoms with Crippen LogP contribution in [0.5, 0.6) is 0 Å². The molecule has 1 aliphatic heterocycles. The lowest BCUT2D eigenvalue weighted by Crippen LogP contribution is -2.48. The highest BCUT2D eigenvalue weighted by atomic mass is 19.1. The number of anilines is 1. The third kappa shape index (κ3) is 5.81. The molecule has 1 aliphatic rings. The summed E-state index contributed by atoms with van der Waals surface area (Å²) in [6.07, 6.45) is 2.17. The van der Waals surface area contributed by atoms with Gasteiger partial charge in [0.2, 0.25) is 0 Å². The van der Waals surface area contributed by atoms with Gasteiger partial charge in [-0.25, -0.2) is 4.39 Å². The van der Waals surface area contributed by atoms with E-state index >= 15 is 0 Å². The van der Waals surface area contributed by atoms with Crippen LogP contribution in [0.2, 0.25) is 0 Å². The lowest BCUT2D eigenvalue weighted by molar-refractivity contribution is 0.256. The predicted octanol–water partition coefficient (Wildman–Crippen LogP) is 4.66. The zero-order valence-corrected chi connectivity index (χ0v) is 20.3. The van der Waals surface area contributed by atoms with E-state index in [1.54, 1.807) is 6.07 Å². The molecule has 3 aromatic rings. The van der Waals surface area contributed by atoms with Gasteiger partial charge in [-0.1, -0.05) is 42.0 Å². The summed E-state index contributed by atoms with van der Waals surface area (Å²) in [5.41, 5.74) is 5.40. The number of hydrogen-bond acceptors (Lipinski definition) is 4. The number of nitrogens with zero attached hydrogens (tertiary/aromatic N) is 4. The van der Waals surface area contributed by atoms with Crippen LogP contribution in [-0.4, -0.2) is 53.9 Å². The van der Waals surface area contributed by atoms with Gasteiger partial charge in [0, 0.05) is 57.6 Å². The Balaban J connectivity index is 1.32. The van der Waals surface area contributed by atoms with Gasteiger partial charge in [-0.15, -0.1) is 0 Å². The first-order valence-electron chi connectivity index (χ1n) is 11.9. The lowest BCUT2D eigenvalue weighted by atomic mass is 10.0. The molecule has 0 radical (unpaired) electrons. The quantitative estimate of drug-likeness (QED) is 0.532. The summed E-state index contributed by atoms with van der Waals surface area (Å²) in [6.45, 7) is 14.9. The fraction of sp³-hybridized carbons (Fsp3) is 0.444. The zero-order chi connectivity index (χ0) is 23.4. The number of rotatable bonds is 7. The van der Waals surface area contributed by atoms with Crippen LogP contribution in [0.15, 0.2) is 54.7 Å². The fourth-order valence-electron chi connectivity index (χ4n) is 4.30. The van der Waals surface area contributed by atoms with E-state index in [0.717, 1.165) is 51.5 Å². The van der Waals surface area contributed by atoms with Crippen LogP contribution in [0, 0.1) is 12.7 Å². The van der Waals surface area contributed by atoms with Gasteiger partial charge in [0.25, 0.3) is 0 Å². The second-order valence-electron chi connectivity index (χ2n) is 9.93. The van der Waals surface area contributed by atoms with Crippen molar-refractivity contribution in [2.24, 2.45) is 0 Å². The Bertz CT molecular complexity index is 1060. The minimum Gasteiger partial charge on any atom is -0.367 e. The molecule has 6 heteroatoms. The normalized spacial score (nSPS) is 15.2. The number of hydrogen-bond donors (Lipinski definition) is 1. The molecule has 2 aromatic carbocycles. The Morgan fingerprint density at radius 3 is 2.45 bits per heavy atom. The van der Waals surface area contributed by atoms with Crippen LogP contribution in [0.3, 0.4) is 0 Å². The number of piperazine rings is 1. The molecule has 0 atom stereocenters. The average molecular weight is 450 g/mol. The highest BCUT2D eigenvalue weighted by Gasteiger charge is 2.20. The van der Waals surface area contributed by atoms with Gasteiger partial charge < -0.3 is 10.2 Å². The molecule has 1 aromatic heterocycles. The summed E-state index contributed by atoms with van der Waals surface area (Å²) >= 11 is 0. The fourth-order valence-corrected chi connectivity index (χ4v) is 4.30. The summed E-state index contributed by atoms with van der Waals surface area (Å²) in [7, 11) is 0. The minimum atomic E-state index is -0.133. The molecule has 0 aliphatic carbocycles. The van der Waals surface area contributed by atoms with E-state index < -0.39 is 0 Å². The molecule has 176 valence electrons. The molecule has 0 bridgehead atoms. The van der Waals surface area contributed by atoms with E-state index in [-0.39, 0.29) is 11.4 Å². The SMILES string of the molecule is Cc1cccc(-c2cn(C(C)(C)C)nc2CNCCN2CCN(c3ccccc3F)CC2)c1. The summed E-state index contributed by atoms with van der Waals surface area (Å²) in [5, 5.41) is 8.52. The Kier molecular flexibility index (Phi) is 7.15. The number of para-hydroxylation sites is 1. The first-order valence-corrected chi connectivity index (χ1v) is 11.9. The molecule has 4 rings (SSSR count). The monoisotopic (exact) mass is 449 g/mol. The summed E-state index contributed by atoms with van der Waals surface area (Å²) in [4.78, 5) is 4.59. The first-order chi connectivity index (χ1) is 15.8. The van der Waals surface area contributed by atoms with Crippen molar-refractivity contribution in [1.82, 2.24) is 20.0 Å². The smallest absolute Gasteiger partial charge is 0.146 e. The van der Waals surface area contributed by atoms with Gasteiger partial charge in [-0.05, 0) is 45.4 Å². The molecule has 1 fully saturated rings. The number of benzene rings is 2. The van der Waals surface area contributed by atoms with Gasteiger partial charge in [0.05, 0.1) is 16.9 Å². The zero-order valence-electron chi connectivity index (χ0n) is 20.3. The van der Waals surface area contributed by atoms with Crippen LogP contribution in [0.25, 0.3) is 11.1 Å². The molecular weight excluding hydrogens is 413 g/mol. The van der Waals surface area contributed by atoms with Gasteiger partial charge in [0.15, 0.2) is 0 Å². The van der Waals surface area contributed by atoms with E-state index in [9.17, 15) is 4.39 Å². The number of halogens is 1. The Morgan fingerprint density at radius 2 is 1.76 bits per heavy atom. The standard InChI is InChI=1S/C27H36FN5/c1-21-8-7-9-22(18-21)23-20-33(27(2,3)4)30-25(23)19-29-12-13-31-14-16-32(17-15-31)26-11-6-5-10-24(26)28/h5-11,18,20,29H,12-17,19H2,1-4H3. The minimum absolute atomic E-state index is 0.0608. The van der Waals surface area contributed by atoms with E-state index in [1.165, 1.54) is 22.8 Å². The highest BCUT2D eigenvalue weighted by Crippen LogP contribution is 2.27. The van der Waals surface area contributed by atoms with Crippen molar-refractivity contribution >= 4 is 5.69 Å². The largest absolute Gasteiger partial charge is 0.367 e.